The van der Waals surface area contributed by atoms with Crippen LogP contribution >= 0.6 is 0 Å². The molecule has 10 atom stereocenters. The van der Waals surface area contributed by atoms with Gasteiger partial charge in [-0.25, -0.2) is 0 Å². The summed E-state index contributed by atoms with van der Waals surface area (Å²) < 4.78 is 11.4. The maximum Gasteiger partial charge on any atom is 0.187 e. The smallest absolute Gasteiger partial charge is 0.187 e. The third-order valence-electron chi connectivity index (χ3n) is 7.25. The number of hydrogen-bond donors (Lipinski definition) is 5. The van der Waals surface area contributed by atoms with Gasteiger partial charge in [-0.3, -0.25) is 0 Å². The fourth-order valence-electron chi connectivity index (χ4n) is 5.08. The molecule has 2 aliphatic carbocycles. The molecule has 0 spiro atoms. The van der Waals surface area contributed by atoms with E-state index in [1.165, 1.54) is 0 Å². The summed E-state index contributed by atoms with van der Waals surface area (Å²) in [6, 6.07) is 0. The first-order chi connectivity index (χ1) is 13.1. The molecule has 7 heteroatoms. The van der Waals surface area contributed by atoms with Crippen molar-refractivity contribution in [2.75, 3.05) is 6.61 Å². The number of fused-ring (bicyclic) bond motifs is 1. The Labute approximate surface area is 166 Å². The molecule has 0 aromatic heterocycles. The molecule has 0 radical (unpaired) electrons. The summed E-state index contributed by atoms with van der Waals surface area (Å²) >= 11 is 0. The Morgan fingerprint density at radius 1 is 1.18 bits per heavy atom. The number of ether oxygens (including phenoxy) is 2. The van der Waals surface area contributed by atoms with Gasteiger partial charge in [-0.05, 0) is 43.6 Å². The Kier molecular flexibility index (Phi) is 6.37. The highest BCUT2D eigenvalue weighted by Crippen LogP contribution is 2.55. The van der Waals surface area contributed by atoms with Crippen LogP contribution in [-0.4, -0.2) is 75.1 Å². The first kappa shape index (κ1) is 21.9. The maximum absolute atomic E-state index is 10.9. The zero-order valence-electron chi connectivity index (χ0n) is 16.7. The van der Waals surface area contributed by atoms with E-state index in [2.05, 4.69) is 20.1 Å². The van der Waals surface area contributed by atoms with Gasteiger partial charge in [0.1, 0.15) is 24.4 Å². The largest absolute Gasteiger partial charge is 0.394 e. The molecule has 0 unspecified atom stereocenters. The number of allylic oxidation sites excluding steroid dienone is 1. The second-order valence-electron chi connectivity index (χ2n) is 9.02. The van der Waals surface area contributed by atoms with Gasteiger partial charge in [0.15, 0.2) is 6.29 Å². The predicted molar refractivity (Wildman–Crippen MR) is 102 cm³/mol. The Hall–Kier alpha value is -0.800. The first-order valence-corrected chi connectivity index (χ1v) is 10.1. The zero-order chi connectivity index (χ0) is 20.8. The lowest BCUT2D eigenvalue weighted by atomic mass is 9.54. The lowest BCUT2D eigenvalue weighted by Crippen LogP contribution is -2.60. The van der Waals surface area contributed by atoms with Crippen LogP contribution in [0.5, 0.6) is 0 Å². The van der Waals surface area contributed by atoms with Crippen molar-refractivity contribution >= 4 is 0 Å². The SMILES string of the molecule is C=C(C)[C@@H]1CC[C@@]2(C)[C@H](O)C[C@H](O[C@@H]3O[C@H](CO)[C@@H](O)[C@@H](O)[C@H]3O)C(=C)[C@H]2C1. The molecule has 0 bridgehead atoms. The number of aliphatic hydroxyl groups excluding tert-OH is 5. The summed E-state index contributed by atoms with van der Waals surface area (Å²) in [5.74, 6) is 0.412. The van der Waals surface area contributed by atoms with Gasteiger partial charge in [0.05, 0.1) is 18.8 Å². The first-order valence-electron chi connectivity index (χ1n) is 10.1. The van der Waals surface area contributed by atoms with Crippen molar-refractivity contribution in [2.24, 2.45) is 17.3 Å². The van der Waals surface area contributed by atoms with Crippen LogP contribution in [-0.2, 0) is 9.47 Å². The molecule has 28 heavy (non-hydrogen) atoms. The van der Waals surface area contributed by atoms with E-state index >= 15 is 0 Å². The second-order valence-corrected chi connectivity index (χ2v) is 9.02. The van der Waals surface area contributed by atoms with Crippen molar-refractivity contribution in [3.8, 4) is 0 Å². The van der Waals surface area contributed by atoms with Crippen LogP contribution < -0.4 is 0 Å². The van der Waals surface area contributed by atoms with Crippen molar-refractivity contribution in [3.05, 3.63) is 24.3 Å². The van der Waals surface area contributed by atoms with Crippen LogP contribution in [0.3, 0.4) is 0 Å². The van der Waals surface area contributed by atoms with Crippen LogP contribution in [0.1, 0.15) is 39.5 Å². The van der Waals surface area contributed by atoms with E-state index in [0.717, 1.165) is 30.4 Å². The summed E-state index contributed by atoms with van der Waals surface area (Å²) in [6.07, 6.45) is -4.77. The molecular weight excluding hydrogens is 364 g/mol. The van der Waals surface area contributed by atoms with Gasteiger partial charge in [0.2, 0.25) is 0 Å². The maximum atomic E-state index is 10.9. The molecule has 0 aromatic carbocycles. The molecule has 1 heterocycles. The Balaban J connectivity index is 1.76. The van der Waals surface area contributed by atoms with E-state index in [-0.39, 0.29) is 11.3 Å². The molecule has 1 aliphatic heterocycles. The monoisotopic (exact) mass is 398 g/mol. The van der Waals surface area contributed by atoms with Gasteiger partial charge < -0.3 is 35.0 Å². The highest BCUT2D eigenvalue weighted by molar-refractivity contribution is 5.22. The predicted octanol–water partition coefficient (Wildman–Crippen LogP) is 0.491. The van der Waals surface area contributed by atoms with Crippen molar-refractivity contribution in [1.82, 2.24) is 0 Å². The minimum absolute atomic E-state index is 0.0431. The quantitative estimate of drug-likeness (QED) is 0.345. The molecule has 3 aliphatic rings. The van der Waals surface area contributed by atoms with Crippen molar-refractivity contribution in [3.63, 3.8) is 0 Å². The van der Waals surface area contributed by atoms with Gasteiger partial charge in [-0.15, -0.1) is 0 Å². The van der Waals surface area contributed by atoms with Gasteiger partial charge >= 0.3 is 0 Å². The molecule has 1 saturated heterocycles. The number of hydrogen-bond acceptors (Lipinski definition) is 7. The van der Waals surface area contributed by atoms with E-state index in [1.807, 2.05) is 6.92 Å². The second kappa shape index (κ2) is 8.14. The summed E-state index contributed by atoms with van der Waals surface area (Å²) in [5, 5.41) is 50.4. The van der Waals surface area contributed by atoms with E-state index in [4.69, 9.17) is 9.47 Å². The van der Waals surface area contributed by atoms with Crippen LogP contribution in [0, 0.1) is 17.3 Å². The number of rotatable bonds is 4. The summed E-state index contributed by atoms with van der Waals surface area (Å²) in [4.78, 5) is 0. The summed E-state index contributed by atoms with van der Waals surface area (Å²) in [6.45, 7) is 11.9. The van der Waals surface area contributed by atoms with E-state index < -0.39 is 49.5 Å². The number of aliphatic hydroxyl groups is 5. The van der Waals surface area contributed by atoms with Crippen LogP contribution in [0.25, 0.3) is 0 Å². The average Bonchev–Trinajstić information content (AvgIpc) is 2.66. The molecule has 3 fully saturated rings. The lowest BCUT2D eigenvalue weighted by Gasteiger charge is -2.54. The summed E-state index contributed by atoms with van der Waals surface area (Å²) in [5.41, 5.74) is 1.69. The zero-order valence-corrected chi connectivity index (χ0v) is 16.7. The molecular formula is C21H34O7. The van der Waals surface area contributed by atoms with Crippen molar-refractivity contribution in [2.45, 2.75) is 82.4 Å². The third-order valence-corrected chi connectivity index (χ3v) is 7.25. The van der Waals surface area contributed by atoms with E-state index in [0.29, 0.717) is 12.3 Å². The highest BCUT2D eigenvalue weighted by atomic mass is 16.7. The molecule has 3 rings (SSSR count). The van der Waals surface area contributed by atoms with E-state index in [1.54, 1.807) is 0 Å². The van der Waals surface area contributed by atoms with Crippen molar-refractivity contribution in [1.29, 1.82) is 0 Å². The van der Waals surface area contributed by atoms with Crippen LogP contribution in [0.2, 0.25) is 0 Å². The average molecular weight is 398 g/mol. The van der Waals surface area contributed by atoms with Gasteiger partial charge in [-0.1, -0.05) is 25.7 Å². The third kappa shape index (κ3) is 3.69. The minimum Gasteiger partial charge on any atom is -0.394 e. The molecule has 0 amide bonds. The standard InChI is InChI=1S/C21H34O7/c1-10(2)12-5-6-21(4)13(7-12)11(3)14(8-16(21)23)27-20-19(26)18(25)17(24)15(9-22)28-20/h12-20,22-26H,1,3,5-9H2,2,4H3/t12-,13-,14+,15-,16-,17-,18-,19-,20-,21-/m1/s1. The lowest BCUT2D eigenvalue weighted by molar-refractivity contribution is -0.312. The van der Waals surface area contributed by atoms with Crippen LogP contribution in [0.4, 0.5) is 0 Å². The minimum atomic E-state index is -1.49. The van der Waals surface area contributed by atoms with Crippen molar-refractivity contribution < 1.29 is 35.0 Å². The van der Waals surface area contributed by atoms with E-state index in [9.17, 15) is 25.5 Å². The fourth-order valence-corrected chi connectivity index (χ4v) is 5.08. The Morgan fingerprint density at radius 2 is 1.86 bits per heavy atom. The fraction of sp³-hybridized carbons (Fsp3) is 0.810. The topological polar surface area (TPSA) is 120 Å². The van der Waals surface area contributed by atoms with Gasteiger partial charge in [-0.2, -0.15) is 0 Å². The van der Waals surface area contributed by atoms with Gasteiger partial charge in [0.25, 0.3) is 0 Å². The molecule has 5 N–H and O–H groups in total. The molecule has 2 saturated carbocycles. The highest BCUT2D eigenvalue weighted by Gasteiger charge is 2.53. The molecule has 0 aromatic rings. The molecule has 160 valence electrons. The molecule has 7 nitrogen and oxygen atoms in total. The van der Waals surface area contributed by atoms with Gasteiger partial charge in [0, 0.05) is 11.8 Å². The Bertz CT molecular complexity index is 606. The van der Waals surface area contributed by atoms with Crippen LogP contribution in [0.15, 0.2) is 24.3 Å². The Morgan fingerprint density at radius 3 is 2.46 bits per heavy atom. The normalized spacial score (nSPS) is 49.5. The summed E-state index contributed by atoms with van der Waals surface area (Å²) in [7, 11) is 0.